The smallest absolute Gasteiger partial charge is 0.253 e. The number of amides is 1. The molecule has 3 heterocycles. The highest BCUT2D eigenvalue weighted by molar-refractivity contribution is 6.31. The molecule has 0 spiro atoms. The highest BCUT2D eigenvalue weighted by Crippen LogP contribution is 2.30. The van der Waals surface area contributed by atoms with Crippen molar-refractivity contribution < 1.29 is 4.79 Å². The van der Waals surface area contributed by atoms with Crippen molar-refractivity contribution in [1.29, 1.82) is 0 Å². The predicted octanol–water partition coefficient (Wildman–Crippen LogP) is 2.31. The summed E-state index contributed by atoms with van der Waals surface area (Å²) in [6, 6.07) is 5.76. The van der Waals surface area contributed by atoms with Gasteiger partial charge in [0.15, 0.2) is 0 Å². The van der Waals surface area contributed by atoms with Crippen molar-refractivity contribution in [2.75, 3.05) is 19.6 Å². The minimum atomic E-state index is -0.111. The summed E-state index contributed by atoms with van der Waals surface area (Å²) in [5.74, 6) is 0.414. The van der Waals surface area contributed by atoms with Crippen LogP contribution in [0.3, 0.4) is 0 Å². The Bertz CT molecular complexity index is 763. The molecule has 0 aliphatic carbocycles. The van der Waals surface area contributed by atoms with Crippen LogP contribution in [0.4, 0.5) is 0 Å². The third-order valence-electron chi connectivity index (χ3n) is 5.55. The van der Waals surface area contributed by atoms with E-state index < -0.39 is 0 Å². The first-order valence-electron chi connectivity index (χ1n) is 9.27. The summed E-state index contributed by atoms with van der Waals surface area (Å²) in [4.78, 5) is 15.4. The highest BCUT2D eigenvalue weighted by Gasteiger charge is 2.33. The lowest BCUT2D eigenvalue weighted by molar-refractivity contribution is 0.0575. The molecule has 0 radical (unpaired) electrons. The maximum absolute atomic E-state index is 12.8. The van der Waals surface area contributed by atoms with Crippen molar-refractivity contribution in [2.24, 2.45) is 5.92 Å². The fraction of sp³-hybridized carbons (Fsp3) is 0.556. The fourth-order valence-electron chi connectivity index (χ4n) is 4.29. The lowest BCUT2D eigenvalue weighted by Crippen LogP contribution is -2.51. The van der Waals surface area contributed by atoms with Gasteiger partial charge in [-0.15, -0.1) is 5.10 Å². The third-order valence-corrected chi connectivity index (χ3v) is 5.79. The molecule has 2 fully saturated rings. The number of piperidine rings is 2. The van der Waals surface area contributed by atoms with E-state index in [0.717, 1.165) is 0 Å². The molecule has 2 aliphatic rings. The monoisotopic (exact) mass is 374 g/mol. The van der Waals surface area contributed by atoms with Crippen LogP contribution in [-0.2, 0) is 0 Å². The number of rotatable bonds is 4. The molecule has 2 saturated heterocycles. The van der Waals surface area contributed by atoms with E-state index in [4.69, 9.17) is 11.6 Å². The van der Waals surface area contributed by atoms with E-state index in [1.54, 1.807) is 18.2 Å². The van der Waals surface area contributed by atoms with E-state index in [1.807, 2.05) is 0 Å². The number of halogens is 1. The van der Waals surface area contributed by atoms with Crippen LogP contribution < -0.4 is 5.32 Å². The second-order valence-electron chi connectivity index (χ2n) is 7.13. The number of hydrogen-bond donors (Lipinski definition) is 1. The summed E-state index contributed by atoms with van der Waals surface area (Å²) in [6.45, 7) is 3.11. The first-order valence-corrected chi connectivity index (χ1v) is 9.65. The number of carbonyl (C=O) groups excluding carboxylic acids is 1. The molecule has 0 bridgehead atoms. The van der Waals surface area contributed by atoms with E-state index in [-0.39, 0.29) is 5.91 Å². The molecule has 1 aromatic carbocycles. The van der Waals surface area contributed by atoms with Gasteiger partial charge in [-0.2, -0.15) is 4.68 Å². The van der Waals surface area contributed by atoms with Crippen LogP contribution in [0.1, 0.15) is 42.5 Å². The molecule has 8 heteroatoms. The molecule has 1 aromatic heterocycles. The van der Waals surface area contributed by atoms with Crippen molar-refractivity contribution in [2.45, 2.75) is 38.1 Å². The molecule has 2 atom stereocenters. The molecule has 2 aliphatic heterocycles. The summed E-state index contributed by atoms with van der Waals surface area (Å²) in [6.07, 6.45) is 7.71. The van der Waals surface area contributed by atoms with Gasteiger partial charge in [-0.05, 0) is 73.3 Å². The SMILES string of the molecule is O=C(NC[C@H]1CCCN2CCCC[C@H]12)c1ccc(Cl)cc1-n1cnnn1. The van der Waals surface area contributed by atoms with E-state index in [0.29, 0.717) is 34.8 Å². The van der Waals surface area contributed by atoms with E-state index in [9.17, 15) is 4.79 Å². The van der Waals surface area contributed by atoms with Crippen LogP contribution in [0.15, 0.2) is 24.5 Å². The van der Waals surface area contributed by atoms with Crippen LogP contribution >= 0.6 is 11.6 Å². The van der Waals surface area contributed by atoms with Gasteiger partial charge < -0.3 is 10.2 Å². The van der Waals surface area contributed by atoms with Gasteiger partial charge in [-0.3, -0.25) is 4.79 Å². The van der Waals surface area contributed by atoms with Gasteiger partial charge >= 0.3 is 0 Å². The minimum absolute atomic E-state index is 0.111. The van der Waals surface area contributed by atoms with Gasteiger partial charge in [0.2, 0.25) is 0 Å². The molecule has 4 rings (SSSR count). The summed E-state index contributed by atoms with van der Waals surface area (Å²) in [7, 11) is 0. The molecule has 26 heavy (non-hydrogen) atoms. The second kappa shape index (κ2) is 7.72. The van der Waals surface area contributed by atoms with Gasteiger partial charge in [0.1, 0.15) is 6.33 Å². The molecule has 1 N–H and O–H groups in total. The van der Waals surface area contributed by atoms with Crippen molar-refractivity contribution in [3.63, 3.8) is 0 Å². The van der Waals surface area contributed by atoms with Crippen LogP contribution in [0, 0.1) is 5.92 Å². The maximum atomic E-state index is 12.8. The van der Waals surface area contributed by atoms with Crippen LogP contribution in [0.5, 0.6) is 0 Å². The van der Waals surface area contributed by atoms with Crippen LogP contribution in [0.2, 0.25) is 5.02 Å². The third kappa shape index (κ3) is 3.59. The molecule has 0 saturated carbocycles. The van der Waals surface area contributed by atoms with Gasteiger partial charge in [0.25, 0.3) is 5.91 Å². The Morgan fingerprint density at radius 1 is 1.23 bits per heavy atom. The van der Waals surface area contributed by atoms with Crippen molar-refractivity contribution in [3.8, 4) is 5.69 Å². The van der Waals surface area contributed by atoms with Gasteiger partial charge in [0, 0.05) is 17.6 Å². The number of benzene rings is 1. The first kappa shape index (κ1) is 17.4. The molecular weight excluding hydrogens is 352 g/mol. The first-order chi connectivity index (χ1) is 12.7. The molecule has 7 nitrogen and oxygen atoms in total. The largest absolute Gasteiger partial charge is 0.352 e. The summed E-state index contributed by atoms with van der Waals surface area (Å²) >= 11 is 6.09. The second-order valence-corrected chi connectivity index (χ2v) is 7.56. The summed E-state index contributed by atoms with van der Waals surface area (Å²) in [5.41, 5.74) is 1.11. The molecule has 1 amide bonds. The van der Waals surface area contributed by atoms with Gasteiger partial charge in [-0.1, -0.05) is 18.0 Å². The van der Waals surface area contributed by atoms with Crippen molar-refractivity contribution >= 4 is 17.5 Å². The van der Waals surface area contributed by atoms with Gasteiger partial charge in [0.05, 0.1) is 11.3 Å². The highest BCUT2D eigenvalue weighted by atomic mass is 35.5. The fourth-order valence-corrected chi connectivity index (χ4v) is 4.46. The molecule has 138 valence electrons. The lowest BCUT2D eigenvalue weighted by atomic mass is 9.83. The molecule has 0 unspecified atom stereocenters. The standard InChI is InChI=1S/C18H23ClN6O/c19-14-6-7-15(17(10-14)25-12-21-22-23-25)18(26)20-11-13-4-3-9-24-8-2-1-5-16(13)24/h6-7,10,12-13,16H,1-5,8-9,11H2,(H,20,26)/t13-,16-/m1/s1. The Hall–Kier alpha value is -1.99. The van der Waals surface area contributed by atoms with E-state index in [1.165, 1.54) is 56.2 Å². The quantitative estimate of drug-likeness (QED) is 0.888. The number of nitrogens with one attached hydrogen (secondary N) is 1. The number of aromatic nitrogens is 4. The Labute approximate surface area is 157 Å². The zero-order chi connectivity index (χ0) is 17.9. The minimum Gasteiger partial charge on any atom is -0.352 e. The van der Waals surface area contributed by atoms with E-state index >= 15 is 0 Å². The Balaban J connectivity index is 1.47. The molecule has 2 aromatic rings. The molecular formula is C18H23ClN6O. The normalized spacial score (nSPS) is 23.4. The number of fused-ring (bicyclic) bond motifs is 1. The number of carbonyl (C=O) groups is 1. The van der Waals surface area contributed by atoms with Crippen molar-refractivity contribution in [1.82, 2.24) is 30.4 Å². The van der Waals surface area contributed by atoms with Crippen LogP contribution in [-0.4, -0.2) is 56.7 Å². The summed E-state index contributed by atoms with van der Waals surface area (Å²) in [5, 5.41) is 14.8. The average Bonchev–Trinajstić information content (AvgIpc) is 3.20. The average molecular weight is 375 g/mol. The number of hydrogen-bond acceptors (Lipinski definition) is 5. The van der Waals surface area contributed by atoms with Crippen molar-refractivity contribution in [3.05, 3.63) is 35.1 Å². The lowest BCUT2D eigenvalue weighted by Gasteiger charge is -2.44. The summed E-state index contributed by atoms with van der Waals surface area (Å²) < 4.78 is 1.46. The Kier molecular flexibility index (Phi) is 5.17. The maximum Gasteiger partial charge on any atom is 0.253 e. The zero-order valence-corrected chi connectivity index (χ0v) is 15.4. The number of tetrazole rings is 1. The Morgan fingerprint density at radius 2 is 2.12 bits per heavy atom. The number of nitrogens with zero attached hydrogens (tertiary/aromatic N) is 5. The van der Waals surface area contributed by atoms with Gasteiger partial charge in [-0.25, -0.2) is 0 Å². The predicted molar refractivity (Wildman–Crippen MR) is 98.4 cm³/mol. The zero-order valence-electron chi connectivity index (χ0n) is 14.6. The topological polar surface area (TPSA) is 75.9 Å². The van der Waals surface area contributed by atoms with Crippen LogP contribution in [0.25, 0.3) is 5.69 Å². The Morgan fingerprint density at radius 3 is 2.96 bits per heavy atom. The van der Waals surface area contributed by atoms with E-state index in [2.05, 4.69) is 25.7 Å².